The van der Waals surface area contributed by atoms with Crippen LogP contribution in [-0.2, 0) is 0 Å². The molecule has 1 saturated carbocycles. The summed E-state index contributed by atoms with van der Waals surface area (Å²) in [6.07, 6.45) is 1.31. The molecule has 1 aliphatic heterocycles. The summed E-state index contributed by atoms with van der Waals surface area (Å²) in [5, 5.41) is 0. The van der Waals surface area contributed by atoms with Crippen molar-refractivity contribution in [3.05, 3.63) is 57.7 Å². The minimum Gasteiger partial charge on any atom is -0.496 e. The topological polar surface area (TPSA) is 15.7 Å². The molecule has 1 heterocycles. The number of benzene rings is 2. The van der Waals surface area contributed by atoms with Gasteiger partial charge in [-0.15, -0.1) is 0 Å². The average Bonchev–Trinajstić information content (AvgIpc) is 3.44. The number of nitrogens with zero attached hydrogens (tertiary/aromatic N) is 2. The van der Waals surface area contributed by atoms with E-state index in [4.69, 9.17) is 4.74 Å². The number of piperazine rings is 1. The van der Waals surface area contributed by atoms with E-state index in [0.717, 1.165) is 37.3 Å². The summed E-state index contributed by atoms with van der Waals surface area (Å²) in [4.78, 5) is 5.22. The fourth-order valence-corrected chi connectivity index (χ4v) is 4.70. The number of ether oxygens (including phenoxy) is 1. The van der Waals surface area contributed by atoms with Crippen LogP contribution < -0.4 is 9.64 Å². The van der Waals surface area contributed by atoms with E-state index < -0.39 is 0 Å². The largest absolute Gasteiger partial charge is 0.496 e. The van der Waals surface area contributed by atoms with Gasteiger partial charge in [0.2, 0.25) is 0 Å². The second kappa shape index (κ2) is 7.16. The Morgan fingerprint density at radius 3 is 2.60 bits per heavy atom. The van der Waals surface area contributed by atoms with Crippen LogP contribution in [0.2, 0.25) is 0 Å². The third-order valence-corrected chi connectivity index (χ3v) is 6.47. The Bertz CT molecular complexity index is 736. The number of halogens is 1. The summed E-state index contributed by atoms with van der Waals surface area (Å²) < 4.78 is 6.67. The summed E-state index contributed by atoms with van der Waals surface area (Å²) in [6, 6.07) is 18.8. The first-order chi connectivity index (χ1) is 12.2. The van der Waals surface area contributed by atoms with Crippen molar-refractivity contribution in [1.29, 1.82) is 0 Å². The van der Waals surface area contributed by atoms with Crippen molar-refractivity contribution in [2.75, 3.05) is 31.6 Å². The van der Waals surface area contributed by atoms with E-state index in [2.05, 4.69) is 87.8 Å². The van der Waals surface area contributed by atoms with Crippen LogP contribution in [0.25, 0.3) is 0 Å². The van der Waals surface area contributed by atoms with Gasteiger partial charge in [0.1, 0.15) is 5.75 Å². The van der Waals surface area contributed by atoms with Crippen LogP contribution in [0.4, 0.5) is 5.69 Å². The lowest BCUT2D eigenvalue weighted by Gasteiger charge is -2.41. The summed E-state index contributed by atoms with van der Waals surface area (Å²) in [7, 11) is 1.75. The van der Waals surface area contributed by atoms with Crippen molar-refractivity contribution in [1.82, 2.24) is 4.90 Å². The molecule has 0 N–H and O–H groups in total. The van der Waals surface area contributed by atoms with Crippen LogP contribution in [0, 0.1) is 3.57 Å². The summed E-state index contributed by atoms with van der Waals surface area (Å²) in [6.45, 7) is 5.72. The fourth-order valence-electron chi connectivity index (χ4n) is 4.14. The van der Waals surface area contributed by atoms with Crippen molar-refractivity contribution in [3.63, 3.8) is 0 Å². The molecular formula is C21H25IN2O. The van der Waals surface area contributed by atoms with Gasteiger partial charge in [0, 0.05) is 49.4 Å². The van der Waals surface area contributed by atoms with Crippen LogP contribution in [0.1, 0.15) is 24.8 Å². The number of anilines is 1. The van der Waals surface area contributed by atoms with Crippen molar-refractivity contribution in [3.8, 4) is 5.75 Å². The van der Waals surface area contributed by atoms with E-state index in [9.17, 15) is 0 Å². The molecule has 0 bridgehead atoms. The summed E-state index contributed by atoms with van der Waals surface area (Å²) in [5.41, 5.74) is 2.78. The highest BCUT2D eigenvalue weighted by atomic mass is 127. The lowest BCUT2D eigenvalue weighted by Crippen LogP contribution is -2.52. The van der Waals surface area contributed by atoms with Gasteiger partial charge in [0.15, 0.2) is 0 Å². The average molecular weight is 448 g/mol. The van der Waals surface area contributed by atoms with E-state index in [1.165, 1.54) is 21.2 Å². The molecule has 2 aliphatic rings. The normalized spacial score (nSPS) is 26.5. The molecule has 4 rings (SSSR count). The van der Waals surface area contributed by atoms with Gasteiger partial charge >= 0.3 is 0 Å². The Kier molecular flexibility index (Phi) is 4.91. The molecular weight excluding hydrogens is 423 g/mol. The smallest absolute Gasteiger partial charge is 0.134 e. The first kappa shape index (κ1) is 17.2. The van der Waals surface area contributed by atoms with E-state index >= 15 is 0 Å². The number of rotatable bonds is 4. The first-order valence-electron chi connectivity index (χ1n) is 9.06. The Balaban J connectivity index is 1.41. The van der Waals surface area contributed by atoms with Crippen LogP contribution in [-0.4, -0.2) is 43.7 Å². The highest BCUT2D eigenvalue weighted by Crippen LogP contribution is 2.45. The van der Waals surface area contributed by atoms with Crippen LogP contribution in [0.5, 0.6) is 5.75 Å². The van der Waals surface area contributed by atoms with Crippen molar-refractivity contribution in [2.45, 2.75) is 31.3 Å². The molecule has 2 aromatic carbocycles. The highest BCUT2D eigenvalue weighted by molar-refractivity contribution is 14.1. The minimum atomic E-state index is 0.524. The van der Waals surface area contributed by atoms with Gasteiger partial charge in [-0.2, -0.15) is 0 Å². The van der Waals surface area contributed by atoms with Gasteiger partial charge < -0.3 is 9.64 Å². The Morgan fingerprint density at radius 1 is 1.08 bits per heavy atom. The maximum absolute atomic E-state index is 5.50. The third kappa shape index (κ3) is 3.51. The van der Waals surface area contributed by atoms with Gasteiger partial charge in [-0.25, -0.2) is 0 Å². The molecule has 4 heteroatoms. The Morgan fingerprint density at radius 2 is 1.88 bits per heavy atom. The summed E-state index contributed by atoms with van der Waals surface area (Å²) >= 11 is 2.33. The zero-order valence-corrected chi connectivity index (χ0v) is 17.0. The lowest BCUT2D eigenvalue weighted by atomic mass is 10.1. The van der Waals surface area contributed by atoms with Crippen molar-refractivity contribution < 1.29 is 4.74 Å². The molecule has 2 fully saturated rings. The van der Waals surface area contributed by atoms with Gasteiger partial charge in [0.05, 0.1) is 10.7 Å². The monoisotopic (exact) mass is 448 g/mol. The van der Waals surface area contributed by atoms with Gasteiger partial charge in [0.25, 0.3) is 0 Å². The van der Waals surface area contributed by atoms with Crippen LogP contribution in [0.3, 0.4) is 0 Å². The molecule has 3 nitrogen and oxygen atoms in total. The molecule has 2 aromatic rings. The van der Waals surface area contributed by atoms with Crippen molar-refractivity contribution in [2.24, 2.45) is 0 Å². The third-order valence-electron chi connectivity index (χ3n) is 5.58. The van der Waals surface area contributed by atoms with Crippen molar-refractivity contribution >= 4 is 28.3 Å². The maximum Gasteiger partial charge on any atom is 0.134 e. The maximum atomic E-state index is 5.50. The molecule has 1 aliphatic carbocycles. The zero-order valence-electron chi connectivity index (χ0n) is 14.9. The zero-order chi connectivity index (χ0) is 17.4. The van der Waals surface area contributed by atoms with E-state index in [0.29, 0.717) is 6.04 Å². The molecule has 0 radical (unpaired) electrons. The quantitative estimate of drug-likeness (QED) is 0.647. The molecule has 1 unspecified atom stereocenters. The molecule has 0 amide bonds. The Hall–Kier alpha value is -1.27. The predicted molar refractivity (Wildman–Crippen MR) is 112 cm³/mol. The lowest BCUT2D eigenvalue weighted by molar-refractivity contribution is 0.216. The molecule has 1 saturated heterocycles. The molecule has 3 atom stereocenters. The molecule has 132 valence electrons. The highest BCUT2D eigenvalue weighted by Gasteiger charge is 2.44. The number of methoxy groups -OCH3 is 1. The second-order valence-corrected chi connectivity index (χ2v) is 8.34. The first-order valence-corrected chi connectivity index (χ1v) is 10.1. The van der Waals surface area contributed by atoms with Crippen LogP contribution >= 0.6 is 22.6 Å². The van der Waals surface area contributed by atoms with E-state index in [1.54, 1.807) is 7.11 Å². The van der Waals surface area contributed by atoms with E-state index in [-0.39, 0.29) is 0 Å². The summed E-state index contributed by atoms with van der Waals surface area (Å²) in [5.74, 6) is 1.71. The Labute approximate surface area is 164 Å². The van der Waals surface area contributed by atoms with Crippen LogP contribution in [0.15, 0.2) is 48.5 Å². The standard InChI is InChI=1S/C21H25IN2O/c1-15-14-23(20-13-18(20)16-6-4-3-5-7-16)10-11-24(15)17-8-9-19(22)21(12-17)25-2/h3-9,12,15,18,20H,10-11,13-14H2,1-2H3/t15?,18-,20+/m0/s1. The SMILES string of the molecule is COc1cc(N2CCN([C@@H]3C[C@H]3c3ccccc3)CC2C)ccc1I. The predicted octanol–water partition coefficient (Wildman–Crippen LogP) is 4.37. The fraction of sp³-hybridized carbons (Fsp3) is 0.429. The second-order valence-electron chi connectivity index (χ2n) is 7.18. The number of hydrogen-bond acceptors (Lipinski definition) is 3. The van der Waals surface area contributed by atoms with Gasteiger partial charge in [-0.05, 0) is 53.6 Å². The minimum absolute atomic E-state index is 0.524. The molecule has 0 spiro atoms. The van der Waals surface area contributed by atoms with Gasteiger partial charge in [-0.1, -0.05) is 30.3 Å². The van der Waals surface area contributed by atoms with E-state index in [1.807, 2.05) is 0 Å². The molecule has 25 heavy (non-hydrogen) atoms. The molecule has 0 aromatic heterocycles. The number of hydrogen-bond donors (Lipinski definition) is 0. The van der Waals surface area contributed by atoms with Gasteiger partial charge in [-0.3, -0.25) is 4.90 Å².